The zero-order valence-electron chi connectivity index (χ0n) is 17.7. The molecule has 0 aliphatic heterocycles. The molecule has 3 heterocycles. The molecule has 0 aliphatic rings. The Labute approximate surface area is 176 Å². The Morgan fingerprint density at radius 3 is 2.73 bits per heavy atom. The number of nitrogens with zero attached hydrogens (tertiary/aromatic N) is 5. The minimum atomic E-state index is 0.340. The first-order valence-corrected chi connectivity index (χ1v) is 10.0. The molecule has 1 N–H and O–H groups in total. The molecule has 0 spiro atoms. The smallest absolute Gasteiger partial charge is 0.157 e. The summed E-state index contributed by atoms with van der Waals surface area (Å²) in [4.78, 5) is 13.3. The van der Waals surface area contributed by atoms with Gasteiger partial charge in [0.2, 0.25) is 0 Å². The zero-order valence-corrected chi connectivity index (χ0v) is 17.7. The second kappa shape index (κ2) is 8.49. The van der Waals surface area contributed by atoms with E-state index in [1.165, 1.54) is 5.56 Å². The third-order valence-corrected chi connectivity index (χ3v) is 5.62. The fourth-order valence-electron chi connectivity index (χ4n) is 3.59. The Bertz CT molecular complexity index is 1160. The van der Waals surface area contributed by atoms with Crippen LogP contribution < -0.4 is 10.1 Å². The minimum Gasteiger partial charge on any atom is -0.496 e. The highest BCUT2D eigenvalue weighted by Crippen LogP contribution is 2.31. The van der Waals surface area contributed by atoms with Crippen molar-refractivity contribution >= 4 is 16.9 Å². The summed E-state index contributed by atoms with van der Waals surface area (Å²) in [6.45, 7) is 5.24. The highest BCUT2D eigenvalue weighted by atomic mass is 16.5. The number of aryl methyl sites for hydroxylation is 1. The number of fused-ring (bicyclic) bond motifs is 1. The van der Waals surface area contributed by atoms with Crippen molar-refractivity contribution < 1.29 is 4.74 Å². The number of aromatic nitrogens is 5. The topological polar surface area (TPSA) is 77.8 Å². The van der Waals surface area contributed by atoms with E-state index in [1.807, 2.05) is 43.7 Å². The molecule has 0 bridgehead atoms. The highest BCUT2D eigenvalue weighted by molar-refractivity contribution is 5.80. The molecule has 154 valence electrons. The van der Waals surface area contributed by atoms with Gasteiger partial charge in [-0.05, 0) is 29.5 Å². The van der Waals surface area contributed by atoms with Gasteiger partial charge in [0.05, 0.1) is 19.0 Å². The fraction of sp³-hybridized carbons (Fsp3) is 0.304. The first-order valence-electron chi connectivity index (χ1n) is 10.0. The van der Waals surface area contributed by atoms with Gasteiger partial charge in [0.25, 0.3) is 0 Å². The predicted molar refractivity (Wildman–Crippen MR) is 119 cm³/mol. The van der Waals surface area contributed by atoms with Gasteiger partial charge in [0.1, 0.15) is 17.9 Å². The third-order valence-electron chi connectivity index (χ3n) is 5.62. The molecule has 0 amide bonds. The summed E-state index contributed by atoms with van der Waals surface area (Å²) in [5.74, 6) is 2.45. The van der Waals surface area contributed by atoms with Crippen molar-refractivity contribution in [2.75, 3.05) is 19.0 Å². The van der Waals surface area contributed by atoms with Gasteiger partial charge in [0, 0.05) is 36.8 Å². The van der Waals surface area contributed by atoms with Crippen LogP contribution in [0.4, 0.5) is 5.82 Å². The number of nitrogens with one attached hydrogen (secondary N) is 1. The van der Waals surface area contributed by atoms with Crippen LogP contribution in [-0.4, -0.2) is 38.4 Å². The van der Waals surface area contributed by atoms with Crippen LogP contribution in [0.1, 0.15) is 25.3 Å². The maximum absolute atomic E-state index is 5.52. The van der Waals surface area contributed by atoms with Crippen molar-refractivity contribution in [1.82, 2.24) is 24.7 Å². The Balaban J connectivity index is 1.47. The van der Waals surface area contributed by atoms with Crippen LogP contribution in [-0.2, 0) is 7.05 Å². The molecule has 7 nitrogen and oxygen atoms in total. The molecule has 0 fully saturated rings. The zero-order chi connectivity index (χ0) is 21.1. The SMILES string of the molecule is COc1ccccc1C(C)[C@H](C)CNc1cc(-c2cnc3c(cnn3C)c2)ncn1. The number of ether oxygens (including phenoxy) is 1. The van der Waals surface area contributed by atoms with Gasteiger partial charge in [-0.2, -0.15) is 5.10 Å². The maximum atomic E-state index is 5.52. The molecular weight excluding hydrogens is 376 g/mol. The average Bonchev–Trinajstić information content (AvgIpc) is 3.17. The Kier molecular flexibility index (Phi) is 5.61. The molecular formula is C23H26N6O. The van der Waals surface area contributed by atoms with Gasteiger partial charge in [-0.1, -0.05) is 32.0 Å². The van der Waals surface area contributed by atoms with E-state index in [4.69, 9.17) is 4.74 Å². The molecule has 4 rings (SSSR count). The molecule has 1 aromatic carbocycles. The summed E-state index contributed by atoms with van der Waals surface area (Å²) < 4.78 is 7.28. The summed E-state index contributed by atoms with van der Waals surface area (Å²) in [5, 5.41) is 8.69. The number of hydrogen-bond donors (Lipinski definition) is 1. The van der Waals surface area contributed by atoms with Crippen LogP contribution in [0.3, 0.4) is 0 Å². The molecule has 0 aliphatic carbocycles. The lowest BCUT2D eigenvalue weighted by atomic mass is 9.88. The minimum absolute atomic E-state index is 0.340. The van der Waals surface area contributed by atoms with E-state index in [9.17, 15) is 0 Å². The van der Waals surface area contributed by atoms with Gasteiger partial charge >= 0.3 is 0 Å². The Morgan fingerprint density at radius 2 is 1.90 bits per heavy atom. The fourth-order valence-corrected chi connectivity index (χ4v) is 3.59. The van der Waals surface area contributed by atoms with Crippen LogP contribution in [0.25, 0.3) is 22.3 Å². The van der Waals surface area contributed by atoms with Crippen molar-refractivity contribution in [2.24, 2.45) is 13.0 Å². The standard InChI is InChI=1S/C23H26N6O/c1-15(16(2)19-7-5-6-8-21(19)30-4)11-24-22-10-20(26-14-27-22)17-9-18-13-28-29(3)23(18)25-12-17/h5-10,12-16H,11H2,1-4H3,(H,24,26,27)/t15-,16?/m1/s1. The van der Waals surface area contributed by atoms with Crippen LogP contribution in [0.5, 0.6) is 5.75 Å². The number of benzene rings is 1. The van der Waals surface area contributed by atoms with E-state index >= 15 is 0 Å². The second-order valence-electron chi connectivity index (χ2n) is 7.58. The predicted octanol–water partition coefficient (Wildman–Crippen LogP) is 4.29. The average molecular weight is 403 g/mol. The summed E-state index contributed by atoms with van der Waals surface area (Å²) in [6, 6.07) is 12.2. The monoisotopic (exact) mass is 402 g/mol. The Morgan fingerprint density at radius 1 is 1.07 bits per heavy atom. The molecule has 1 unspecified atom stereocenters. The van der Waals surface area contributed by atoms with E-state index in [2.05, 4.69) is 51.3 Å². The van der Waals surface area contributed by atoms with Crippen LogP contribution in [0.15, 0.2) is 55.1 Å². The van der Waals surface area contributed by atoms with Crippen molar-refractivity contribution in [3.05, 3.63) is 60.7 Å². The number of hydrogen-bond acceptors (Lipinski definition) is 6. The first-order chi connectivity index (χ1) is 14.6. The lowest BCUT2D eigenvalue weighted by molar-refractivity contribution is 0.397. The molecule has 7 heteroatoms. The van der Waals surface area contributed by atoms with Gasteiger partial charge in [-0.15, -0.1) is 0 Å². The molecule has 30 heavy (non-hydrogen) atoms. The van der Waals surface area contributed by atoms with E-state index in [0.29, 0.717) is 11.8 Å². The third kappa shape index (κ3) is 3.96. The van der Waals surface area contributed by atoms with Crippen LogP contribution in [0.2, 0.25) is 0 Å². The molecule has 0 saturated carbocycles. The van der Waals surface area contributed by atoms with Gasteiger partial charge in [0.15, 0.2) is 5.65 Å². The first kappa shape index (κ1) is 19.8. The molecule has 4 aromatic rings. The summed E-state index contributed by atoms with van der Waals surface area (Å²) in [5.41, 5.74) is 3.84. The number of para-hydroxylation sites is 1. The largest absolute Gasteiger partial charge is 0.496 e. The molecule has 3 aromatic heterocycles. The van der Waals surface area contributed by atoms with Crippen molar-refractivity contribution in [3.8, 4) is 17.0 Å². The van der Waals surface area contributed by atoms with Gasteiger partial charge in [-0.3, -0.25) is 4.68 Å². The highest BCUT2D eigenvalue weighted by Gasteiger charge is 2.18. The summed E-state index contributed by atoms with van der Waals surface area (Å²) in [6.07, 6.45) is 5.22. The normalized spacial score (nSPS) is 13.2. The lowest BCUT2D eigenvalue weighted by Gasteiger charge is -2.23. The van der Waals surface area contributed by atoms with E-state index in [0.717, 1.165) is 40.4 Å². The summed E-state index contributed by atoms with van der Waals surface area (Å²) >= 11 is 0. The van der Waals surface area contributed by atoms with Crippen molar-refractivity contribution in [2.45, 2.75) is 19.8 Å². The van der Waals surface area contributed by atoms with Gasteiger partial charge < -0.3 is 10.1 Å². The molecule has 0 saturated heterocycles. The molecule has 2 atom stereocenters. The quantitative estimate of drug-likeness (QED) is 0.497. The number of pyridine rings is 1. The Hall–Kier alpha value is -3.48. The second-order valence-corrected chi connectivity index (χ2v) is 7.58. The van der Waals surface area contributed by atoms with Gasteiger partial charge in [-0.25, -0.2) is 15.0 Å². The number of methoxy groups -OCH3 is 1. The number of anilines is 1. The van der Waals surface area contributed by atoms with Crippen molar-refractivity contribution in [1.29, 1.82) is 0 Å². The van der Waals surface area contributed by atoms with Crippen LogP contribution >= 0.6 is 0 Å². The molecule has 0 radical (unpaired) electrons. The van der Waals surface area contributed by atoms with Crippen molar-refractivity contribution in [3.63, 3.8) is 0 Å². The van der Waals surface area contributed by atoms with E-state index < -0.39 is 0 Å². The summed E-state index contributed by atoms with van der Waals surface area (Å²) in [7, 11) is 3.60. The van der Waals surface area contributed by atoms with Crippen LogP contribution in [0, 0.1) is 5.92 Å². The van der Waals surface area contributed by atoms with E-state index in [1.54, 1.807) is 18.1 Å². The number of rotatable bonds is 7. The maximum Gasteiger partial charge on any atom is 0.157 e. The lowest BCUT2D eigenvalue weighted by Crippen LogP contribution is -2.18. The van der Waals surface area contributed by atoms with E-state index in [-0.39, 0.29) is 0 Å².